The van der Waals surface area contributed by atoms with Crippen molar-refractivity contribution in [1.82, 2.24) is 0 Å². The maximum Gasteiger partial charge on any atom is 0.0487 e. The van der Waals surface area contributed by atoms with E-state index in [1.54, 1.807) is 0 Å². The molecule has 24 heavy (non-hydrogen) atoms. The maximum atomic E-state index is 12.6. The summed E-state index contributed by atoms with van der Waals surface area (Å²) in [6.07, 6.45) is 10.9. The SMILES string of the molecule is CC1(C(CCCC(=O)[O-])(C(=O)[O-])C2(C)CCCCC2)CCCCC1. The van der Waals surface area contributed by atoms with Crippen LogP contribution < -0.4 is 10.2 Å². The molecule has 2 fully saturated rings. The molecule has 2 aliphatic rings. The summed E-state index contributed by atoms with van der Waals surface area (Å²) in [7, 11) is 0. The van der Waals surface area contributed by atoms with Gasteiger partial charge in [0.15, 0.2) is 0 Å². The summed E-state index contributed by atoms with van der Waals surface area (Å²) in [5.74, 6) is -2.04. The van der Waals surface area contributed by atoms with E-state index in [-0.39, 0.29) is 17.3 Å². The van der Waals surface area contributed by atoms with Crippen molar-refractivity contribution >= 4 is 11.9 Å². The van der Waals surface area contributed by atoms with Gasteiger partial charge in [-0.25, -0.2) is 0 Å². The summed E-state index contributed by atoms with van der Waals surface area (Å²) >= 11 is 0. The van der Waals surface area contributed by atoms with E-state index < -0.39 is 17.4 Å². The Morgan fingerprint density at radius 3 is 1.58 bits per heavy atom. The van der Waals surface area contributed by atoms with Crippen molar-refractivity contribution in [3.8, 4) is 0 Å². The van der Waals surface area contributed by atoms with Crippen LogP contribution in [0.15, 0.2) is 0 Å². The summed E-state index contributed by atoms with van der Waals surface area (Å²) in [6.45, 7) is 4.25. The van der Waals surface area contributed by atoms with Crippen LogP contribution >= 0.6 is 0 Å². The van der Waals surface area contributed by atoms with Gasteiger partial charge in [0.25, 0.3) is 0 Å². The molecule has 0 radical (unpaired) electrons. The second-order valence-electron chi connectivity index (χ2n) is 8.66. The van der Waals surface area contributed by atoms with Crippen LogP contribution in [0, 0.1) is 16.2 Å². The molecule has 0 N–H and O–H groups in total. The third-order valence-electron chi connectivity index (χ3n) is 7.26. The molecule has 0 aromatic carbocycles. The van der Waals surface area contributed by atoms with E-state index >= 15 is 0 Å². The minimum atomic E-state index is -1.09. The lowest BCUT2D eigenvalue weighted by Gasteiger charge is -2.62. The number of carboxylic acid groups (broad SMARTS) is 2. The minimum absolute atomic E-state index is 0.0683. The van der Waals surface area contributed by atoms with Crippen molar-refractivity contribution in [2.45, 2.75) is 97.3 Å². The Hall–Kier alpha value is -1.06. The first-order chi connectivity index (χ1) is 11.3. The molecule has 0 aliphatic heterocycles. The number of hydrogen-bond acceptors (Lipinski definition) is 4. The fourth-order valence-corrected chi connectivity index (χ4v) is 5.94. The Balaban J connectivity index is 2.43. The lowest BCUT2D eigenvalue weighted by molar-refractivity contribution is -0.338. The van der Waals surface area contributed by atoms with Crippen LogP contribution in [0.1, 0.15) is 97.3 Å². The largest absolute Gasteiger partial charge is 0.550 e. The molecule has 2 aliphatic carbocycles. The van der Waals surface area contributed by atoms with Gasteiger partial charge in [0.2, 0.25) is 0 Å². The Bertz CT molecular complexity index is 432. The van der Waals surface area contributed by atoms with Gasteiger partial charge in [-0.1, -0.05) is 52.4 Å². The Kier molecular flexibility index (Phi) is 5.98. The molecule has 4 nitrogen and oxygen atoms in total. The van der Waals surface area contributed by atoms with E-state index in [9.17, 15) is 19.8 Å². The van der Waals surface area contributed by atoms with E-state index in [1.165, 1.54) is 0 Å². The highest BCUT2D eigenvalue weighted by Crippen LogP contribution is 2.64. The second kappa shape index (κ2) is 7.45. The Labute approximate surface area is 146 Å². The molecular weight excluding hydrogens is 304 g/mol. The number of aliphatic carboxylic acids is 2. The molecule has 0 atom stereocenters. The topological polar surface area (TPSA) is 80.3 Å². The fraction of sp³-hybridized carbons (Fsp3) is 0.900. The van der Waals surface area contributed by atoms with Crippen molar-refractivity contribution < 1.29 is 19.8 Å². The van der Waals surface area contributed by atoms with Gasteiger partial charge in [-0.2, -0.15) is 0 Å². The summed E-state index contributed by atoms with van der Waals surface area (Å²) in [5.41, 5.74) is -1.54. The average molecular weight is 336 g/mol. The Morgan fingerprint density at radius 2 is 1.25 bits per heavy atom. The van der Waals surface area contributed by atoms with Crippen LogP contribution in [0.5, 0.6) is 0 Å². The zero-order valence-electron chi connectivity index (χ0n) is 15.3. The summed E-state index contributed by atoms with van der Waals surface area (Å²) in [5, 5.41) is 23.5. The number of carboxylic acids is 2. The predicted molar refractivity (Wildman–Crippen MR) is 88.7 cm³/mol. The molecule has 4 heteroatoms. The first kappa shape index (κ1) is 19.3. The fourth-order valence-electron chi connectivity index (χ4n) is 5.94. The number of carbonyl (C=O) groups excluding carboxylic acids is 2. The lowest BCUT2D eigenvalue weighted by Crippen LogP contribution is -2.62. The molecule has 2 rings (SSSR count). The molecule has 0 unspecified atom stereocenters. The summed E-state index contributed by atoms with van der Waals surface area (Å²) < 4.78 is 0. The zero-order valence-corrected chi connectivity index (χ0v) is 15.3. The average Bonchev–Trinajstić information content (AvgIpc) is 2.52. The zero-order chi connectivity index (χ0) is 17.8. The molecular formula is C20H32O4-2. The molecule has 0 aromatic rings. The van der Waals surface area contributed by atoms with Crippen LogP contribution in [0.4, 0.5) is 0 Å². The predicted octanol–water partition coefficient (Wildman–Crippen LogP) is 2.58. The number of rotatable bonds is 7. The quantitative estimate of drug-likeness (QED) is 0.715. The van der Waals surface area contributed by atoms with Gasteiger partial charge in [-0.3, -0.25) is 0 Å². The maximum absolute atomic E-state index is 12.6. The van der Waals surface area contributed by atoms with Gasteiger partial charge in [0, 0.05) is 17.4 Å². The highest BCUT2D eigenvalue weighted by molar-refractivity contribution is 5.75. The Morgan fingerprint density at radius 1 is 0.833 bits per heavy atom. The van der Waals surface area contributed by atoms with Gasteiger partial charge in [0.1, 0.15) is 0 Å². The minimum Gasteiger partial charge on any atom is -0.550 e. The van der Waals surface area contributed by atoms with Crippen molar-refractivity contribution in [3.05, 3.63) is 0 Å². The third kappa shape index (κ3) is 3.34. The van der Waals surface area contributed by atoms with E-state index in [2.05, 4.69) is 13.8 Å². The first-order valence-corrected chi connectivity index (χ1v) is 9.69. The molecule has 0 amide bonds. The monoisotopic (exact) mass is 336 g/mol. The molecule has 0 aromatic heterocycles. The first-order valence-electron chi connectivity index (χ1n) is 9.69. The van der Waals surface area contributed by atoms with Crippen molar-refractivity contribution in [2.24, 2.45) is 16.2 Å². The third-order valence-corrected chi connectivity index (χ3v) is 7.26. The number of carbonyl (C=O) groups is 2. The number of hydrogen-bond donors (Lipinski definition) is 0. The van der Waals surface area contributed by atoms with Crippen molar-refractivity contribution in [3.63, 3.8) is 0 Å². The molecule has 0 spiro atoms. The summed E-state index contributed by atoms with van der Waals surface area (Å²) in [6, 6.07) is 0. The van der Waals surface area contributed by atoms with Gasteiger partial charge in [-0.05, 0) is 55.8 Å². The molecule has 0 saturated heterocycles. The molecule has 138 valence electrons. The highest BCUT2D eigenvalue weighted by Gasteiger charge is 2.58. The van der Waals surface area contributed by atoms with Crippen molar-refractivity contribution in [1.29, 1.82) is 0 Å². The van der Waals surface area contributed by atoms with Crippen LogP contribution in [0.2, 0.25) is 0 Å². The van der Waals surface area contributed by atoms with Crippen LogP contribution in [-0.4, -0.2) is 11.9 Å². The van der Waals surface area contributed by atoms with Gasteiger partial charge < -0.3 is 19.8 Å². The van der Waals surface area contributed by atoms with Gasteiger partial charge in [0.05, 0.1) is 0 Å². The van der Waals surface area contributed by atoms with Crippen LogP contribution in [-0.2, 0) is 9.59 Å². The second-order valence-corrected chi connectivity index (χ2v) is 8.66. The smallest absolute Gasteiger partial charge is 0.0487 e. The van der Waals surface area contributed by atoms with E-state index in [0.29, 0.717) is 12.8 Å². The van der Waals surface area contributed by atoms with Crippen LogP contribution in [0.25, 0.3) is 0 Å². The van der Waals surface area contributed by atoms with Crippen LogP contribution in [0.3, 0.4) is 0 Å². The molecule has 0 heterocycles. The molecule has 2 saturated carbocycles. The van der Waals surface area contributed by atoms with E-state index in [4.69, 9.17) is 0 Å². The summed E-state index contributed by atoms with van der Waals surface area (Å²) in [4.78, 5) is 23.5. The van der Waals surface area contributed by atoms with E-state index in [0.717, 1.165) is 64.2 Å². The normalized spacial score (nSPS) is 23.6. The lowest BCUT2D eigenvalue weighted by atomic mass is 9.44. The standard InChI is InChI=1S/C20H34O4/c1-18(11-5-3-6-12-18)20(17(23)24,15-9-10-16(21)22)19(2)13-7-4-8-14-19/h3-15H2,1-2H3,(H,21,22)(H,23,24)/p-2. The van der Waals surface area contributed by atoms with Gasteiger partial charge >= 0.3 is 0 Å². The van der Waals surface area contributed by atoms with Crippen molar-refractivity contribution in [2.75, 3.05) is 0 Å². The van der Waals surface area contributed by atoms with E-state index in [1.807, 2.05) is 0 Å². The highest BCUT2D eigenvalue weighted by atomic mass is 16.4. The molecule has 0 bridgehead atoms. The van der Waals surface area contributed by atoms with Gasteiger partial charge in [-0.15, -0.1) is 0 Å².